The number of hydrogen-bond donors (Lipinski definition) is 3. The average Bonchev–Trinajstić information content (AvgIpc) is 3.10. The predicted molar refractivity (Wildman–Crippen MR) is 96.9 cm³/mol. The number of benzene rings is 1. The van der Waals surface area contributed by atoms with Crippen molar-refractivity contribution < 1.29 is 31.2 Å². The molecule has 1 heterocycles. The van der Waals surface area contributed by atoms with Crippen molar-refractivity contribution in [1.82, 2.24) is 4.72 Å². The Bertz CT molecular complexity index is 944. The van der Waals surface area contributed by atoms with Crippen molar-refractivity contribution >= 4 is 38.9 Å². The van der Waals surface area contributed by atoms with Crippen LogP contribution in [0.2, 0.25) is 0 Å². The van der Waals surface area contributed by atoms with Gasteiger partial charge in [0.15, 0.2) is 0 Å². The summed E-state index contributed by atoms with van der Waals surface area (Å²) >= 11 is 1.29. The van der Waals surface area contributed by atoms with E-state index in [9.17, 15) is 31.2 Å². The van der Waals surface area contributed by atoms with Crippen molar-refractivity contribution in [3.63, 3.8) is 0 Å². The van der Waals surface area contributed by atoms with Gasteiger partial charge < -0.3 is 11.1 Å². The van der Waals surface area contributed by atoms with Crippen molar-refractivity contribution in [1.29, 1.82) is 0 Å². The van der Waals surface area contributed by atoms with Gasteiger partial charge in [-0.25, -0.2) is 8.42 Å². The van der Waals surface area contributed by atoms with Gasteiger partial charge in [-0.2, -0.15) is 29.2 Å². The highest BCUT2D eigenvalue weighted by atomic mass is 32.2. The van der Waals surface area contributed by atoms with Crippen molar-refractivity contribution in [2.45, 2.75) is 30.0 Å². The lowest BCUT2D eigenvalue weighted by atomic mass is 10.1. The van der Waals surface area contributed by atoms with Gasteiger partial charge in [-0.05, 0) is 36.1 Å². The van der Waals surface area contributed by atoms with Crippen LogP contribution in [0.25, 0.3) is 0 Å². The second-order valence-corrected chi connectivity index (χ2v) is 8.20. The number of amides is 2. The number of sulfonamides is 1. The summed E-state index contributed by atoms with van der Waals surface area (Å²) in [5.41, 5.74) is 4.32. The molecule has 0 saturated heterocycles. The average molecular weight is 435 g/mol. The first-order chi connectivity index (χ1) is 13.0. The maximum absolute atomic E-state index is 12.8. The predicted octanol–water partition coefficient (Wildman–Crippen LogP) is 2.32. The number of hydrogen-bond acceptors (Lipinski definition) is 5. The summed E-state index contributed by atoms with van der Waals surface area (Å²) in [5.74, 6) is -1.53. The molecule has 152 valence electrons. The third-order valence-electron chi connectivity index (χ3n) is 3.55. The topological polar surface area (TPSA) is 118 Å². The van der Waals surface area contributed by atoms with E-state index in [1.165, 1.54) is 11.3 Å². The molecule has 1 atom stereocenters. The molecule has 2 aromatic rings. The van der Waals surface area contributed by atoms with Gasteiger partial charge in [-0.1, -0.05) is 6.07 Å². The molecule has 0 fully saturated rings. The van der Waals surface area contributed by atoms with Gasteiger partial charge >= 0.3 is 6.18 Å². The summed E-state index contributed by atoms with van der Waals surface area (Å²) in [6.45, 7) is 0. The van der Waals surface area contributed by atoms with Crippen molar-refractivity contribution in [3.8, 4) is 0 Å². The zero-order chi connectivity index (χ0) is 20.9. The van der Waals surface area contributed by atoms with E-state index in [-0.39, 0.29) is 12.8 Å². The molecule has 2 amide bonds. The zero-order valence-electron chi connectivity index (χ0n) is 14.2. The molecular weight excluding hydrogens is 419 g/mol. The van der Waals surface area contributed by atoms with Crippen LogP contribution in [0, 0.1) is 0 Å². The Labute approximate surface area is 162 Å². The summed E-state index contributed by atoms with van der Waals surface area (Å²) in [4.78, 5) is 22.8. The minimum atomic E-state index is -4.73. The van der Waals surface area contributed by atoms with E-state index in [4.69, 9.17) is 5.73 Å². The lowest BCUT2D eigenvalue weighted by Gasteiger charge is -2.18. The maximum Gasteiger partial charge on any atom is 0.416 e. The number of nitrogens with two attached hydrogens (primary N) is 1. The summed E-state index contributed by atoms with van der Waals surface area (Å²) in [7, 11) is -4.47. The molecular formula is C16H16F3N3O4S2. The Morgan fingerprint density at radius 1 is 1.21 bits per heavy atom. The van der Waals surface area contributed by atoms with E-state index in [1.54, 1.807) is 16.8 Å². The van der Waals surface area contributed by atoms with E-state index >= 15 is 0 Å². The number of rotatable bonds is 8. The lowest BCUT2D eigenvalue weighted by molar-refractivity contribution is -0.137. The van der Waals surface area contributed by atoms with Crippen LogP contribution >= 0.6 is 11.3 Å². The Hall–Kier alpha value is -2.44. The molecule has 1 unspecified atom stereocenters. The molecule has 0 aliphatic carbocycles. The number of alkyl halides is 3. The highest BCUT2D eigenvalue weighted by Crippen LogP contribution is 2.30. The fourth-order valence-corrected chi connectivity index (χ4v) is 4.05. The number of anilines is 1. The van der Waals surface area contributed by atoms with Crippen LogP contribution in [-0.4, -0.2) is 26.3 Å². The summed E-state index contributed by atoms with van der Waals surface area (Å²) < 4.78 is 65.6. The lowest BCUT2D eigenvalue weighted by Crippen LogP contribution is -2.44. The number of primary amides is 1. The normalized spacial score (nSPS) is 13.1. The van der Waals surface area contributed by atoms with Gasteiger partial charge in [0.1, 0.15) is 6.04 Å². The molecule has 0 bridgehead atoms. The number of halogens is 3. The van der Waals surface area contributed by atoms with Crippen LogP contribution in [0.1, 0.15) is 18.4 Å². The molecule has 4 N–H and O–H groups in total. The Morgan fingerprint density at radius 2 is 1.93 bits per heavy atom. The molecule has 0 saturated carbocycles. The first-order valence-corrected chi connectivity index (χ1v) is 10.2. The summed E-state index contributed by atoms with van der Waals surface area (Å²) in [6, 6.07) is 3.28. The van der Waals surface area contributed by atoms with Crippen LogP contribution in [0.5, 0.6) is 0 Å². The molecule has 0 radical (unpaired) electrons. The SMILES string of the molecule is NC(=O)CCC(NS(=O)(=O)c1cccc(C(F)(F)F)c1)C(=O)Nc1ccsc1. The van der Waals surface area contributed by atoms with Gasteiger partial charge in [0.2, 0.25) is 21.8 Å². The third-order valence-corrected chi connectivity index (χ3v) is 5.71. The van der Waals surface area contributed by atoms with Gasteiger partial charge in [-0.15, -0.1) is 0 Å². The smallest absolute Gasteiger partial charge is 0.370 e. The van der Waals surface area contributed by atoms with Gasteiger partial charge in [-0.3, -0.25) is 9.59 Å². The number of carbonyl (C=O) groups excluding carboxylic acids is 2. The van der Waals surface area contributed by atoms with Crippen molar-refractivity contribution in [2.75, 3.05) is 5.32 Å². The van der Waals surface area contributed by atoms with Crippen molar-refractivity contribution in [3.05, 3.63) is 46.7 Å². The summed E-state index contributed by atoms with van der Waals surface area (Å²) in [6.07, 6.45) is -5.29. The number of thiophene rings is 1. The number of carbonyl (C=O) groups is 2. The van der Waals surface area contributed by atoms with Crippen molar-refractivity contribution in [2.24, 2.45) is 5.73 Å². The highest BCUT2D eigenvalue weighted by molar-refractivity contribution is 7.89. The molecule has 0 spiro atoms. The standard InChI is InChI=1S/C16H16F3N3O4S2/c17-16(18,19)10-2-1-3-12(8-10)28(25,26)22-13(4-5-14(20)23)15(24)21-11-6-7-27-9-11/h1-3,6-9,13,22H,4-5H2,(H2,20,23)(H,21,24). The minimum Gasteiger partial charge on any atom is -0.370 e. The second kappa shape index (κ2) is 8.71. The highest BCUT2D eigenvalue weighted by Gasteiger charge is 2.32. The van der Waals surface area contributed by atoms with Gasteiger partial charge in [0, 0.05) is 11.8 Å². The van der Waals surface area contributed by atoms with Crippen LogP contribution in [-0.2, 0) is 25.8 Å². The molecule has 7 nitrogen and oxygen atoms in total. The quantitative estimate of drug-likeness (QED) is 0.590. The minimum absolute atomic E-state index is 0.260. The van der Waals surface area contributed by atoms with E-state index in [0.717, 1.165) is 18.2 Å². The monoisotopic (exact) mass is 435 g/mol. The molecule has 0 aliphatic rings. The van der Waals surface area contributed by atoms with E-state index in [0.29, 0.717) is 11.8 Å². The Morgan fingerprint density at radius 3 is 2.50 bits per heavy atom. The Balaban J connectivity index is 2.25. The number of nitrogens with one attached hydrogen (secondary N) is 2. The van der Waals surface area contributed by atoms with E-state index in [2.05, 4.69) is 5.32 Å². The second-order valence-electron chi connectivity index (χ2n) is 5.71. The molecule has 1 aromatic heterocycles. The van der Waals surface area contributed by atoms with Crippen LogP contribution in [0.15, 0.2) is 46.0 Å². The van der Waals surface area contributed by atoms with Crippen LogP contribution in [0.4, 0.5) is 18.9 Å². The fourth-order valence-electron chi connectivity index (χ4n) is 2.19. The Kier molecular flexibility index (Phi) is 6.80. The zero-order valence-corrected chi connectivity index (χ0v) is 15.8. The third kappa shape index (κ3) is 6.04. The van der Waals surface area contributed by atoms with E-state index < -0.39 is 44.5 Å². The van der Waals surface area contributed by atoms with Crippen LogP contribution < -0.4 is 15.8 Å². The molecule has 0 aliphatic heterocycles. The first kappa shape index (κ1) is 21.9. The summed E-state index contributed by atoms with van der Waals surface area (Å²) in [5, 5.41) is 5.75. The van der Waals surface area contributed by atoms with Crippen LogP contribution in [0.3, 0.4) is 0 Å². The van der Waals surface area contributed by atoms with Gasteiger partial charge in [0.05, 0.1) is 16.1 Å². The largest absolute Gasteiger partial charge is 0.416 e. The molecule has 2 rings (SSSR count). The van der Waals surface area contributed by atoms with Gasteiger partial charge in [0.25, 0.3) is 0 Å². The molecule has 1 aromatic carbocycles. The maximum atomic E-state index is 12.8. The molecule has 12 heteroatoms. The molecule has 28 heavy (non-hydrogen) atoms. The first-order valence-electron chi connectivity index (χ1n) is 7.80. The fraction of sp³-hybridized carbons (Fsp3) is 0.250. The van der Waals surface area contributed by atoms with E-state index in [1.807, 2.05) is 4.72 Å².